The molecule has 0 aromatic heterocycles. The highest BCUT2D eigenvalue weighted by Crippen LogP contribution is 2.19. The van der Waals surface area contributed by atoms with Gasteiger partial charge in [-0.05, 0) is 31.6 Å². The molecule has 0 aromatic carbocycles. The number of halogens is 1. The molecule has 1 heterocycles. The molecule has 0 bridgehead atoms. The van der Waals surface area contributed by atoms with Gasteiger partial charge in [-0.2, -0.15) is 0 Å². The maximum Gasteiger partial charge on any atom is 0.305 e. The molecule has 1 aliphatic heterocycles. The number of piperidine rings is 1. The normalized spacial score (nSPS) is 17.6. The molecule has 1 saturated heterocycles. The highest BCUT2D eigenvalue weighted by molar-refractivity contribution is 14.0. The molecule has 0 aliphatic carbocycles. The number of hydrogen-bond donors (Lipinski definition) is 2. The Balaban J connectivity index is 0.00000576. The number of unbranched alkanes of at least 4 members (excludes halogenated alkanes) is 3. The predicted octanol–water partition coefficient (Wildman–Crippen LogP) is 1.89. The molecule has 0 radical (unpaired) electrons. The smallest absolute Gasteiger partial charge is 0.305 e. The maximum absolute atomic E-state index is 11.1. The van der Waals surface area contributed by atoms with Crippen molar-refractivity contribution in [2.75, 3.05) is 33.8 Å². The average Bonchev–Trinajstić information content (AvgIpc) is 2.56. The highest BCUT2D eigenvalue weighted by Gasteiger charge is 2.23. The molecule has 0 saturated carbocycles. The Morgan fingerprint density at radius 2 is 2.00 bits per heavy atom. The quantitative estimate of drug-likeness (QED) is 0.177. The fraction of sp³-hybridized carbons (Fsp3) is 0.824. The topological polar surface area (TPSA) is 97.0 Å². The summed E-state index contributed by atoms with van der Waals surface area (Å²) in [6, 6.07) is 0. The van der Waals surface area contributed by atoms with E-state index in [1.165, 1.54) is 7.11 Å². The van der Waals surface area contributed by atoms with Gasteiger partial charge in [0.15, 0.2) is 5.96 Å². The first kappa shape index (κ1) is 23.9. The second kappa shape index (κ2) is 14.1. The number of methoxy groups -OCH3 is 1. The molecule has 146 valence electrons. The lowest BCUT2D eigenvalue weighted by Gasteiger charge is -2.34. The molecule has 0 spiro atoms. The summed E-state index contributed by atoms with van der Waals surface area (Å²) >= 11 is 0. The van der Waals surface area contributed by atoms with Crippen LogP contribution in [0, 0.1) is 5.92 Å². The van der Waals surface area contributed by atoms with Crippen LogP contribution in [0.2, 0.25) is 0 Å². The number of amides is 1. The number of esters is 1. The van der Waals surface area contributed by atoms with E-state index < -0.39 is 0 Å². The van der Waals surface area contributed by atoms with E-state index >= 15 is 0 Å². The van der Waals surface area contributed by atoms with Crippen LogP contribution in [0.4, 0.5) is 0 Å². The fourth-order valence-electron chi connectivity index (χ4n) is 3.09. The minimum Gasteiger partial charge on any atom is -0.469 e. The Hall–Kier alpha value is -1.06. The Kier molecular flexibility index (Phi) is 13.5. The number of primary amides is 1. The van der Waals surface area contributed by atoms with E-state index in [2.05, 4.69) is 19.9 Å². The standard InChI is InChI=1S/C17H32N4O3.HI/c1-19-17(20-10-6-4-3-5-9-16(23)24-2)21-11-7-8-14(13-21)12-15(18)22;/h14H,3-13H2,1-2H3,(H2,18,22)(H,19,20);1H. The van der Waals surface area contributed by atoms with Gasteiger partial charge in [0.05, 0.1) is 7.11 Å². The van der Waals surface area contributed by atoms with E-state index in [0.717, 1.165) is 64.1 Å². The molecule has 1 rings (SSSR count). The van der Waals surface area contributed by atoms with Crippen molar-refractivity contribution in [2.24, 2.45) is 16.6 Å². The number of hydrogen-bond acceptors (Lipinski definition) is 4. The number of ether oxygens (including phenoxy) is 1. The fourth-order valence-corrected chi connectivity index (χ4v) is 3.09. The van der Waals surface area contributed by atoms with Crippen LogP contribution in [0.25, 0.3) is 0 Å². The van der Waals surface area contributed by atoms with Gasteiger partial charge in [0.25, 0.3) is 0 Å². The summed E-state index contributed by atoms with van der Waals surface area (Å²) in [6.45, 7) is 2.66. The zero-order valence-electron chi connectivity index (χ0n) is 15.5. The third-order valence-corrected chi connectivity index (χ3v) is 4.34. The van der Waals surface area contributed by atoms with Crippen molar-refractivity contribution in [3.63, 3.8) is 0 Å². The van der Waals surface area contributed by atoms with Crippen LogP contribution < -0.4 is 11.1 Å². The van der Waals surface area contributed by atoms with Gasteiger partial charge in [-0.3, -0.25) is 14.6 Å². The van der Waals surface area contributed by atoms with E-state index in [9.17, 15) is 9.59 Å². The molecule has 1 unspecified atom stereocenters. The Morgan fingerprint density at radius 1 is 1.28 bits per heavy atom. The summed E-state index contributed by atoms with van der Waals surface area (Å²) in [7, 11) is 3.21. The SMILES string of the molecule is CN=C(NCCCCCCC(=O)OC)N1CCCC(CC(N)=O)C1.I. The van der Waals surface area contributed by atoms with Crippen LogP contribution >= 0.6 is 24.0 Å². The van der Waals surface area contributed by atoms with E-state index in [4.69, 9.17) is 5.73 Å². The summed E-state index contributed by atoms with van der Waals surface area (Å²) in [5.41, 5.74) is 5.31. The van der Waals surface area contributed by atoms with Gasteiger partial charge in [0, 0.05) is 39.5 Å². The van der Waals surface area contributed by atoms with E-state index in [1.54, 1.807) is 7.05 Å². The van der Waals surface area contributed by atoms with Crippen LogP contribution in [0.3, 0.4) is 0 Å². The highest BCUT2D eigenvalue weighted by atomic mass is 127. The minimum absolute atomic E-state index is 0. The van der Waals surface area contributed by atoms with Gasteiger partial charge in [-0.15, -0.1) is 24.0 Å². The number of carbonyl (C=O) groups is 2. The zero-order chi connectivity index (χ0) is 17.8. The van der Waals surface area contributed by atoms with Crippen molar-refractivity contribution >= 4 is 41.8 Å². The lowest BCUT2D eigenvalue weighted by atomic mass is 9.95. The van der Waals surface area contributed by atoms with E-state index in [0.29, 0.717) is 18.8 Å². The van der Waals surface area contributed by atoms with Crippen molar-refractivity contribution < 1.29 is 14.3 Å². The Morgan fingerprint density at radius 3 is 2.64 bits per heavy atom. The molecule has 7 nitrogen and oxygen atoms in total. The summed E-state index contributed by atoms with van der Waals surface area (Å²) in [5, 5.41) is 3.39. The average molecular weight is 468 g/mol. The molecular formula is C17H33IN4O3. The van der Waals surface area contributed by atoms with Crippen LogP contribution in [-0.2, 0) is 14.3 Å². The van der Waals surface area contributed by atoms with Gasteiger partial charge >= 0.3 is 5.97 Å². The van der Waals surface area contributed by atoms with Crippen molar-refractivity contribution in [3.8, 4) is 0 Å². The van der Waals surface area contributed by atoms with Crippen LogP contribution in [0.1, 0.15) is 51.4 Å². The van der Waals surface area contributed by atoms with Crippen molar-refractivity contribution in [1.29, 1.82) is 0 Å². The number of aliphatic imine (C=N–C) groups is 1. The monoisotopic (exact) mass is 468 g/mol. The summed E-state index contributed by atoms with van der Waals surface area (Å²) in [6.07, 6.45) is 7.09. The second-order valence-electron chi connectivity index (χ2n) is 6.34. The van der Waals surface area contributed by atoms with Gasteiger partial charge in [0.2, 0.25) is 5.91 Å². The van der Waals surface area contributed by atoms with Crippen molar-refractivity contribution in [3.05, 3.63) is 0 Å². The largest absolute Gasteiger partial charge is 0.469 e. The molecule has 0 aromatic rings. The van der Waals surface area contributed by atoms with Crippen molar-refractivity contribution in [1.82, 2.24) is 10.2 Å². The lowest BCUT2D eigenvalue weighted by Crippen LogP contribution is -2.47. The summed E-state index contributed by atoms with van der Waals surface area (Å²) < 4.78 is 4.62. The van der Waals surface area contributed by atoms with Crippen LogP contribution in [0.15, 0.2) is 4.99 Å². The van der Waals surface area contributed by atoms with Gasteiger partial charge in [-0.1, -0.05) is 12.8 Å². The number of nitrogens with zero attached hydrogens (tertiary/aromatic N) is 2. The summed E-state index contributed by atoms with van der Waals surface area (Å²) in [4.78, 5) is 28.7. The van der Waals surface area contributed by atoms with E-state index in [1.807, 2.05) is 0 Å². The first-order valence-electron chi connectivity index (χ1n) is 8.87. The van der Waals surface area contributed by atoms with Gasteiger partial charge in [-0.25, -0.2) is 0 Å². The molecule has 1 aliphatic rings. The number of guanidine groups is 1. The predicted molar refractivity (Wildman–Crippen MR) is 110 cm³/mol. The molecule has 1 atom stereocenters. The van der Waals surface area contributed by atoms with Crippen LogP contribution in [-0.4, -0.2) is 56.5 Å². The first-order chi connectivity index (χ1) is 11.6. The molecular weight excluding hydrogens is 435 g/mol. The van der Waals surface area contributed by atoms with Gasteiger partial charge < -0.3 is 20.7 Å². The van der Waals surface area contributed by atoms with Crippen LogP contribution in [0.5, 0.6) is 0 Å². The Labute approximate surface area is 168 Å². The second-order valence-corrected chi connectivity index (χ2v) is 6.34. The molecule has 3 N–H and O–H groups in total. The third kappa shape index (κ3) is 10.5. The number of rotatable bonds is 9. The molecule has 25 heavy (non-hydrogen) atoms. The van der Waals surface area contributed by atoms with E-state index in [-0.39, 0.29) is 35.9 Å². The Bertz CT molecular complexity index is 432. The number of nitrogens with one attached hydrogen (secondary N) is 1. The number of likely N-dealkylation sites (tertiary alicyclic amines) is 1. The lowest BCUT2D eigenvalue weighted by molar-refractivity contribution is -0.140. The molecule has 1 fully saturated rings. The molecule has 1 amide bonds. The third-order valence-electron chi connectivity index (χ3n) is 4.34. The molecule has 8 heteroatoms. The van der Waals surface area contributed by atoms with Gasteiger partial charge in [0.1, 0.15) is 0 Å². The number of carbonyl (C=O) groups excluding carboxylic acids is 2. The summed E-state index contributed by atoms with van der Waals surface area (Å²) in [5.74, 6) is 0.868. The van der Waals surface area contributed by atoms with Crippen molar-refractivity contribution in [2.45, 2.75) is 51.4 Å². The zero-order valence-corrected chi connectivity index (χ0v) is 17.8. The number of nitrogens with two attached hydrogens (primary N) is 1. The first-order valence-corrected chi connectivity index (χ1v) is 8.87. The maximum atomic E-state index is 11.1. The minimum atomic E-state index is -0.225.